The summed E-state index contributed by atoms with van der Waals surface area (Å²) < 4.78 is 33.9. The lowest BCUT2D eigenvalue weighted by molar-refractivity contribution is 0.428. The van der Waals surface area contributed by atoms with Crippen LogP contribution >= 0.6 is 46.4 Å². The van der Waals surface area contributed by atoms with E-state index in [-0.39, 0.29) is 25.7 Å². The summed E-state index contributed by atoms with van der Waals surface area (Å²) in [6.45, 7) is 0. The number of rotatable bonds is 4. The SMILES string of the molecule is O=S(=O)(O)C(c1cc(Cl)cc(Cl)c1)(c1c(O)cccc1Cl)c1c(O)cccc1Cl. The fourth-order valence-electron chi connectivity index (χ4n) is 3.30. The molecule has 29 heavy (non-hydrogen) atoms. The van der Waals surface area contributed by atoms with Crippen molar-refractivity contribution in [2.45, 2.75) is 4.75 Å². The Hall–Kier alpha value is -1.67. The van der Waals surface area contributed by atoms with E-state index in [2.05, 4.69) is 0 Å². The lowest BCUT2D eigenvalue weighted by atomic mass is 9.82. The molecule has 0 atom stereocenters. The van der Waals surface area contributed by atoms with Crippen LogP contribution in [-0.4, -0.2) is 23.2 Å². The number of phenols is 2. The van der Waals surface area contributed by atoms with Gasteiger partial charge in [0.25, 0.3) is 10.1 Å². The molecule has 152 valence electrons. The van der Waals surface area contributed by atoms with E-state index in [0.717, 1.165) is 0 Å². The Kier molecular flexibility index (Phi) is 5.98. The molecule has 0 aliphatic carbocycles. The predicted octanol–water partition coefficient (Wildman–Crippen LogP) is 5.89. The first kappa shape index (κ1) is 22.0. The summed E-state index contributed by atoms with van der Waals surface area (Å²) in [6.07, 6.45) is 0. The summed E-state index contributed by atoms with van der Waals surface area (Å²) in [5, 5.41) is 20.8. The van der Waals surface area contributed by atoms with Gasteiger partial charge < -0.3 is 10.2 Å². The summed E-state index contributed by atoms with van der Waals surface area (Å²) >= 11 is 24.7. The second-order valence-electron chi connectivity index (χ2n) is 6.08. The number of hydrogen-bond donors (Lipinski definition) is 3. The summed E-state index contributed by atoms with van der Waals surface area (Å²) in [5.74, 6) is -1.13. The van der Waals surface area contributed by atoms with Gasteiger partial charge in [-0.15, -0.1) is 0 Å². The zero-order chi connectivity index (χ0) is 21.6. The summed E-state index contributed by atoms with van der Waals surface area (Å²) in [6, 6.07) is 11.5. The fourth-order valence-corrected chi connectivity index (χ4v) is 5.92. The van der Waals surface area contributed by atoms with Crippen molar-refractivity contribution in [3.63, 3.8) is 0 Å². The molecule has 0 amide bonds. The number of phenolic OH excluding ortho intramolecular Hbond substituents is 2. The van der Waals surface area contributed by atoms with Gasteiger partial charge in [-0.25, -0.2) is 0 Å². The first-order chi connectivity index (χ1) is 13.5. The molecule has 0 aliphatic heterocycles. The van der Waals surface area contributed by atoms with Gasteiger partial charge >= 0.3 is 0 Å². The molecule has 0 saturated carbocycles. The highest BCUT2D eigenvalue weighted by molar-refractivity contribution is 7.87. The van der Waals surface area contributed by atoms with Crippen LogP contribution in [0.15, 0.2) is 54.6 Å². The average molecular weight is 494 g/mol. The Morgan fingerprint density at radius 1 is 0.724 bits per heavy atom. The van der Waals surface area contributed by atoms with Crippen LogP contribution in [0.1, 0.15) is 16.7 Å². The van der Waals surface area contributed by atoms with Gasteiger partial charge in [0.2, 0.25) is 0 Å². The van der Waals surface area contributed by atoms with Crippen molar-refractivity contribution in [2.24, 2.45) is 0 Å². The first-order valence-corrected chi connectivity index (χ1v) is 10.8. The van der Waals surface area contributed by atoms with E-state index in [1.165, 1.54) is 54.6 Å². The van der Waals surface area contributed by atoms with Gasteiger partial charge in [0.1, 0.15) is 11.5 Å². The number of halogens is 4. The van der Waals surface area contributed by atoms with Crippen molar-refractivity contribution >= 4 is 56.5 Å². The molecule has 0 bridgehead atoms. The van der Waals surface area contributed by atoms with Crippen molar-refractivity contribution < 1.29 is 23.2 Å². The molecule has 3 N–H and O–H groups in total. The largest absolute Gasteiger partial charge is 0.508 e. The van der Waals surface area contributed by atoms with Crippen LogP contribution in [0.4, 0.5) is 0 Å². The maximum Gasteiger partial charge on any atom is 0.283 e. The molecule has 0 spiro atoms. The van der Waals surface area contributed by atoms with Crippen molar-refractivity contribution in [2.75, 3.05) is 0 Å². The van der Waals surface area contributed by atoms with E-state index in [1.807, 2.05) is 0 Å². The molecular weight excluding hydrogens is 482 g/mol. The zero-order valence-electron chi connectivity index (χ0n) is 14.3. The highest BCUT2D eigenvalue weighted by atomic mass is 35.5. The monoisotopic (exact) mass is 492 g/mol. The minimum atomic E-state index is -5.22. The third kappa shape index (κ3) is 3.65. The average Bonchev–Trinajstić information content (AvgIpc) is 2.57. The Balaban J connectivity index is 2.70. The van der Waals surface area contributed by atoms with E-state index in [9.17, 15) is 23.2 Å². The molecule has 0 saturated heterocycles. The Morgan fingerprint density at radius 3 is 1.48 bits per heavy atom. The number of benzene rings is 3. The van der Waals surface area contributed by atoms with E-state index < -0.39 is 37.5 Å². The quantitative estimate of drug-likeness (QED) is 0.311. The third-order valence-electron chi connectivity index (χ3n) is 4.34. The second kappa shape index (κ2) is 7.87. The fraction of sp³-hybridized carbons (Fsp3) is 0.0526. The van der Waals surface area contributed by atoms with Crippen LogP contribution in [0.3, 0.4) is 0 Å². The number of hydrogen-bond acceptors (Lipinski definition) is 4. The lowest BCUT2D eigenvalue weighted by Gasteiger charge is -2.34. The molecule has 10 heteroatoms. The van der Waals surface area contributed by atoms with E-state index in [4.69, 9.17) is 46.4 Å². The van der Waals surface area contributed by atoms with Gasteiger partial charge in [-0.05, 0) is 48.0 Å². The van der Waals surface area contributed by atoms with Crippen molar-refractivity contribution in [3.8, 4) is 11.5 Å². The van der Waals surface area contributed by atoms with E-state index in [0.29, 0.717) is 0 Å². The standard InChI is InChI=1S/C19H12Cl4O5S/c20-11-7-10(8-12(21)9-11)19(29(26,27)28,17-13(22)3-1-5-15(17)24)18-14(23)4-2-6-16(18)25/h1-9,24-25H,(H,26,27,28). The molecule has 3 rings (SSSR count). The van der Waals surface area contributed by atoms with Crippen LogP contribution in [0.25, 0.3) is 0 Å². The van der Waals surface area contributed by atoms with Crippen LogP contribution in [0.5, 0.6) is 11.5 Å². The molecule has 0 aromatic heterocycles. The Morgan fingerprint density at radius 2 is 1.14 bits per heavy atom. The minimum absolute atomic E-state index is 0.0404. The van der Waals surface area contributed by atoms with Gasteiger partial charge in [0, 0.05) is 31.2 Å². The number of aromatic hydroxyl groups is 2. The molecule has 0 radical (unpaired) electrons. The van der Waals surface area contributed by atoms with E-state index >= 15 is 0 Å². The van der Waals surface area contributed by atoms with Crippen LogP contribution in [0, 0.1) is 0 Å². The summed E-state index contributed by atoms with van der Waals surface area (Å²) in [4.78, 5) is 0. The normalized spacial score (nSPS) is 12.2. The molecule has 3 aromatic rings. The maximum absolute atomic E-state index is 13.0. The van der Waals surface area contributed by atoms with Crippen LogP contribution in [-0.2, 0) is 14.9 Å². The van der Waals surface area contributed by atoms with Gasteiger partial charge in [0.15, 0.2) is 4.75 Å². The zero-order valence-corrected chi connectivity index (χ0v) is 18.1. The van der Waals surface area contributed by atoms with Gasteiger partial charge in [0.05, 0.1) is 0 Å². The topological polar surface area (TPSA) is 94.8 Å². The summed E-state index contributed by atoms with van der Waals surface area (Å²) in [7, 11) is -5.22. The molecule has 5 nitrogen and oxygen atoms in total. The lowest BCUT2D eigenvalue weighted by Crippen LogP contribution is -2.39. The predicted molar refractivity (Wildman–Crippen MR) is 114 cm³/mol. The highest BCUT2D eigenvalue weighted by Crippen LogP contribution is 2.54. The molecular formula is C19H12Cl4O5S. The smallest absolute Gasteiger partial charge is 0.283 e. The molecule has 0 heterocycles. The first-order valence-electron chi connectivity index (χ1n) is 7.89. The van der Waals surface area contributed by atoms with Crippen molar-refractivity contribution in [3.05, 3.63) is 91.4 Å². The second-order valence-corrected chi connectivity index (χ2v) is 9.33. The summed E-state index contributed by atoms with van der Waals surface area (Å²) in [5.41, 5.74) is -1.04. The van der Waals surface area contributed by atoms with Crippen LogP contribution in [0.2, 0.25) is 20.1 Å². The minimum Gasteiger partial charge on any atom is -0.508 e. The molecule has 0 unspecified atom stereocenters. The molecule has 3 aromatic carbocycles. The highest BCUT2D eigenvalue weighted by Gasteiger charge is 2.54. The van der Waals surface area contributed by atoms with Crippen molar-refractivity contribution in [1.29, 1.82) is 0 Å². The third-order valence-corrected chi connectivity index (χ3v) is 6.83. The van der Waals surface area contributed by atoms with E-state index in [1.54, 1.807) is 0 Å². The Bertz CT molecular complexity index is 1100. The Labute approximate surface area is 186 Å². The van der Waals surface area contributed by atoms with Gasteiger partial charge in [-0.2, -0.15) is 8.42 Å². The van der Waals surface area contributed by atoms with Crippen LogP contribution < -0.4 is 0 Å². The molecule has 0 aliphatic rings. The van der Waals surface area contributed by atoms with Gasteiger partial charge in [-0.3, -0.25) is 4.55 Å². The van der Waals surface area contributed by atoms with Crippen molar-refractivity contribution in [1.82, 2.24) is 0 Å². The molecule has 0 fully saturated rings. The van der Waals surface area contributed by atoms with Gasteiger partial charge in [-0.1, -0.05) is 58.5 Å². The maximum atomic E-state index is 13.0.